The van der Waals surface area contributed by atoms with E-state index in [0.717, 1.165) is 27.2 Å². The number of aryl methyl sites for hydroxylation is 3. The molecule has 1 N–H and O–H groups in total. The van der Waals surface area contributed by atoms with Crippen LogP contribution in [0.5, 0.6) is 0 Å². The molecule has 0 fully saturated rings. The van der Waals surface area contributed by atoms with E-state index in [-0.39, 0.29) is 5.91 Å². The molecule has 0 saturated carbocycles. The molecule has 0 radical (unpaired) electrons. The third-order valence-corrected chi connectivity index (χ3v) is 6.10. The van der Waals surface area contributed by atoms with Crippen molar-refractivity contribution in [3.63, 3.8) is 0 Å². The molecule has 2 aromatic heterocycles. The Kier molecular flexibility index (Phi) is 4.96. The maximum absolute atomic E-state index is 12.8. The fraction of sp³-hybridized carbons (Fsp3) is 0.182. The number of aromatic nitrogens is 2. The first-order valence-electron chi connectivity index (χ1n) is 9.01. The van der Waals surface area contributed by atoms with Crippen molar-refractivity contribution in [1.29, 1.82) is 0 Å². The van der Waals surface area contributed by atoms with Gasteiger partial charge in [0.2, 0.25) is 0 Å². The molecule has 2 aromatic carbocycles. The number of benzene rings is 2. The fourth-order valence-electron chi connectivity index (χ4n) is 3.15. The smallest absolute Gasteiger partial charge is 0.265 e. The third-order valence-electron chi connectivity index (χ3n) is 4.72. The van der Waals surface area contributed by atoms with Gasteiger partial charge in [-0.15, -0.1) is 11.3 Å². The van der Waals surface area contributed by atoms with Crippen LogP contribution in [-0.2, 0) is 6.54 Å². The van der Waals surface area contributed by atoms with Crippen LogP contribution in [0.1, 0.15) is 32.1 Å². The Bertz CT molecular complexity index is 1170. The lowest BCUT2D eigenvalue weighted by Crippen LogP contribution is -2.11. The summed E-state index contributed by atoms with van der Waals surface area (Å²) in [5.74, 6) is -0.118. The standard InChI is InChI=1S/C22H20ClN3OS/c1-13-4-6-16(7-5-13)12-26-22-18(15(3)25-26)11-20(28-22)21(27)24-19-9-8-17(23)10-14(19)2/h4-11H,12H2,1-3H3,(H,24,27). The lowest BCUT2D eigenvalue weighted by Gasteiger charge is -2.07. The SMILES string of the molecule is Cc1ccc(Cn2nc(C)c3cc(C(=O)Nc4ccc(Cl)cc4C)sc32)cc1. The predicted molar refractivity (Wildman–Crippen MR) is 117 cm³/mol. The van der Waals surface area contributed by atoms with Crippen molar-refractivity contribution < 1.29 is 4.79 Å². The van der Waals surface area contributed by atoms with Gasteiger partial charge in [-0.05, 0) is 56.2 Å². The van der Waals surface area contributed by atoms with Crippen molar-refractivity contribution >= 4 is 44.7 Å². The number of fused-ring (bicyclic) bond motifs is 1. The van der Waals surface area contributed by atoms with Gasteiger partial charge < -0.3 is 5.32 Å². The van der Waals surface area contributed by atoms with E-state index in [0.29, 0.717) is 16.4 Å². The van der Waals surface area contributed by atoms with Crippen LogP contribution < -0.4 is 5.32 Å². The van der Waals surface area contributed by atoms with E-state index in [1.54, 1.807) is 6.07 Å². The second kappa shape index (κ2) is 7.41. The molecule has 0 saturated heterocycles. The monoisotopic (exact) mass is 409 g/mol. The molecule has 2 heterocycles. The predicted octanol–water partition coefficient (Wildman–Crippen LogP) is 5.98. The van der Waals surface area contributed by atoms with Crippen LogP contribution in [0.2, 0.25) is 5.02 Å². The quantitative estimate of drug-likeness (QED) is 0.450. The van der Waals surface area contributed by atoms with E-state index in [9.17, 15) is 4.79 Å². The average molecular weight is 410 g/mol. The molecular formula is C22H20ClN3OS. The van der Waals surface area contributed by atoms with Crippen molar-refractivity contribution in [1.82, 2.24) is 9.78 Å². The van der Waals surface area contributed by atoms with E-state index < -0.39 is 0 Å². The molecule has 4 aromatic rings. The van der Waals surface area contributed by atoms with Crippen LogP contribution in [0.25, 0.3) is 10.2 Å². The second-order valence-corrected chi connectivity index (χ2v) is 8.44. The van der Waals surface area contributed by atoms with Gasteiger partial charge in [-0.1, -0.05) is 41.4 Å². The summed E-state index contributed by atoms with van der Waals surface area (Å²) in [4.78, 5) is 14.5. The summed E-state index contributed by atoms with van der Waals surface area (Å²) in [7, 11) is 0. The zero-order valence-electron chi connectivity index (χ0n) is 15.9. The maximum Gasteiger partial charge on any atom is 0.265 e. The average Bonchev–Trinajstić information content (AvgIpc) is 3.21. The number of halogens is 1. The van der Waals surface area contributed by atoms with Gasteiger partial charge in [0.15, 0.2) is 0 Å². The molecular weight excluding hydrogens is 390 g/mol. The maximum atomic E-state index is 12.8. The molecule has 0 aliphatic rings. The van der Waals surface area contributed by atoms with Crippen molar-refractivity contribution in [3.05, 3.63) is 80.8 Å². The molecule has 28 heavy (non-hydrogen) atoms. The first-order valence-corrected chi connectivity index (χ1v) is 10.2. The number of nitrogens with zero attached hydrogens (tertiary/aromatic N) is 2. The summed E-state index contributed by atoms with van der Waals surface area (Å²) in [5, 5.41) is 9.32. The normalized spacial score (nSPS) is 11.1. The molecule has 0 spiro atoms. The lowest BCUT2D eigenvalue weighted by atomic mass is 10.1. The molecule has 6 heteroatoms. The first-order chi connectivity index (χ1) is 13.4. The molecule has 0 bridgehead atoms. The Morgan fingerprint density at radius 1 is 1.11 bits per heavy atom. The zero-order valence-corrected chi connectivity index (χ0v) is 17.5. The van der Waals surface area contributed by atoms with Crippen LogP contribution in [0, 0.1) is 20.8 Å². The fourth-order valence-corrected chi connectivity index (χ4v) is 4.43. The molecule has 4 nitrogen and oxygen atoms in total. The Morgan fingerprint density at radius 3 is 2.57 bits per heavy atom. The van der Waals surface area contributed by atoms with E-state index in [4.69, 9.17) is 11.6 Å². The summed E-state index contributed by atoms with van der Waals surface area (Å²) in [6.07, 6.45) is 0. The highest BCUT2D eigenvalue weighted by Gasteiger charge is 2.17. The van der Waals surface area contributed by atoms with Gasteiger partial charge in [-0.3, -0.25) is 9.48 Å². The number of carbonyl (C=O) groups excluding carboxylic acids is 1. The van der Waals surface area contributed by atoms with Gasteiger partial charge in [0.1, 0.15) is 4.83 Å². The van der Waals surface area contributed by atoms with Gasteiger partial charge in [-0.2, -0.15) is 5.10 Å². The molecule has 0 aliphatic carbocycles. The molecule has 0 aliphatic heterocycles. The highest BCUT2D eigenvalue weighted by atomic mass is 35.5. The minimum atomic E-state index is -0.118. The number of thiophene rings is 1. The minimum absolute atomic E-state index is 0.118. The number of carbonyl (C=O) groups is 1. The number of nitrogens with one attached hydrogen (secondary N) is 1. The Morgan fingerprint density at radius 2 is 1.86 bits per heavy atom. The number of hydrogen-bond donors (Lipinski definition) is 1. The lowest BCUT2D eigenvalue weighted by molar-refractivity contribution is 0.103. The summed E-state index contributed by atoms with van der Waals surface area (Å²) in [6.45, 7) is 6.66. The van der Waals surface area contributed by atoms with E-state index in [1.807, 2.05) is 36.7 Å². The molecule has 1 amide bonds. The Labute approximate surface area is 172 Å². The highest BCUT2D eigenvalue weighted by Crippen LogP contribution is 2.30. The summed E-state index contributed by atoms with van der Waals surface area (Å²) < 4.78 is 1.98. The van der Waals surface area contributed by atoms with Crippen molar-refractivity contribution in [2.75, 3.05) is 5.32 Å². The largest absolute Gasteiger partial charge is 0.321 e. The van der Waals surface area contributed by atoms with Gasteiger partial charge in [0.05, 0.1) is 17.1 Å². The zero-order chi connectivity index (χ0) is 19.8. The highest BCUT2D eigenvalue weighted by molar-refractivity contribution is 7.20. The van der Waals surface area contributed by atoms with Gasteiger partial charge in [0, 0.05) is 16.1 Å². The van der Waals surface area contributed by atoms with Crippen molar-refractivity contribution in [3.8, 4) is 0 Å². The molecule has 0 unspecified atom stereocenters. The topological polar surface area (TPSA) is 46.9 Å². The first kappa shape index (κ1) is 18.7. The number of rotatable bonds is 4. The van der Waals surface area contributed by atoms with Crippen LogP contribution in [0.15, 0.2) is 48.5 Å². The summed E-state index contributed by atoms with van der Waals surface area (Å²) >= 11 is 7.46. The molecule has 142 valence electrons. The van der Waals surface area contributed by atoms with Crippen molar-refractivity contribution in [2.45, 2.75) is 27.3 Å². The number of anilines is 1. The minimum Gasteiger partial charge on any atom is -0.321 e. The summed E-state index contributed by atoms with van der Waals surface area (Å²) in [5.41, 5.74) is 5.05. The van der Waals surface area contributed by atoms with Crippen molar-refractivity contribution in [2.24, 2.45) is 0 Å². The van der Waals surface area contributed by atoms with E-state index >= 15 is 0 Å². The van der Waals surface area contributed by atoms with Gasteiger partial charge >= 0.3 is 0 Å². The molecule has 4 rings (SSSR count). The Balaban J connectivity index is 1.62. The van der Waals surface area contributed by atoms with E-state index in [1.165, 1.54) is 22.5 Å². The van der Waals surface area contributed by atoms with Crippen LogP contribution in [0.4, 0.5) is 5.69 Å². The van der Waals surface area contributed by atoms with Crippen LogP contribution in [-0.4, -0.2) is 15.7 Å². The molecule has 0 atom stereocenters. The summed E-state index contributed by atoms with van der Waals surface area (Å²) in [6, 6.07) is 15.8. The second-order valence-electron chi connectivity index (χ2n) is 6.97. The van der Waals surface area contributed by atoms with E-state index in [2.05, 4.69) is 41.6 Å². The van der Waals surface area contributed by atoms with Gasteiger partial charge in [-0.25, -0.2) is 0 Å². The third kappa shape index (κ3) is 3.68. The van der Waals surface area contributed by atoms with Crippen LogP contribution in [0.3, 0.4) is 0 Å². The van der Waals surface area contributed by atoms with Crippen LogP contribution >= 0.6 is 22.9 Å². The number of amides is 1. The number of hydrogen-bond acceptors (Lipinski definition) is 3. The Hall–Kier alpha value is -2.63. The van der Waals surface area contributed by atoms with Gasteiger partial charge in [0.25, 0.3) is 5.91 Å².